The van der Waals surface area contributed by atoms with E-state index in [0.29, 0.717) is 5.02 Å². The Labute approximate surface area is 175 Å². The number of anilines is 1. The molecule has 3 fully saturated rings. The van der Waals surface area contributed by atoms with Gasteiger partial charge in [0.25, 0.3) is 5.91 Å². The SMILES string of the molecule is Cc1cc(C)c(N2C(=O)C3C(C2=O)N2CCCN2C3c2ccc(Cl)cc2)c(C)c1. The van der Waals surface area contributed by atoms with E-state index in [4.69, 9.17) is 11.6 Å². The van der Waals surface area contributed by atoms with Crippen molar-refractivity contribution in [2.75, 3.05) is 18.0 Å². The lowest BCUT2D eigenvalue weighted by Gasteiger charge is -2.30. The predicted octanol–water partition coefficient (Wildman–Crippen LogP) is 3.80. The summed E-state index contributed by atoms with van der Waals surface area (Å²) in [6, 6.07) is 11.2. The van der Waals surface area contributed by atoms with Crippen LogP contribution in [0.5, 0.6) is 0 Å². The topological polar surface area (TPSA) is 43.9 Å². The van der Waals surface area contributed by atoms with Crippen LogP contribution in [0.3, 0.4) is 0 Å². The second-order valence-electron chi connectivity index (χ2n) is 8.41. The third kappa shape index (κ3) is 2.68. The van der Waals surface area contributed by atoms with Crippen molar-refractivity contribution in [1.82, 2.24) is 10.0 Å². The maximum absolute atomic E-state index is 13.7. The van der Waals surface area contributed by atoms with Gasteiger partial charge in [-0.2, -0.15) is 0 Å². The van der Waals surface area contributed by atoms with Crippen molar-refractivity contribution in [2.24, 2.45) is 5.92 Å². The number of amides is 2. The molecule has 0 spiro atoms. The van der Waals surface area contributed by atoms with Gasteiger partial charge in [-0.25, -0.2) is 14.9 Å². The minimum absolute atomic E-state index is 0.0931. The predicted molar refractivity (Wildman–Crippen MR) is 113 cm³/mol. The molecule has 0 N–H and O–H groups in total. The minimum atomic E-state index is -0.425. The third-order valence-corrected chi connectivity index (χ3v) is 6.73. The molecule has 3 saturated heterocycles. The molecule has 0 bridgehead atoms. The minimum Gasteiger partial charge on any atom is -0.274 e. The summed E-state index contributed by atoms with van der Waals surface area (Å²) in [6.07, 6.45) is 0.997. The molecule has 0 aromatic heterocycles. The summed E-state index contributed by atoms with van der Waals surface area (Å²) >= 11 is 6.09. The van der Waals surface area contributed by atoms with Gasteiger partial charge in [-0.1, -0.05) is 41.4 Å². The molecule has 0 saturated carbocycles. The largest absolute Gasteiger partial charge is 0.274 e. The number of fused-ring (bicyclic) bond motifs is 3. The van der Waals surface area contributed by atoms with Crippen LogP contribution in [-0.2, 0) is 9.59 Å². The molecule has 3 aliphatic heterocycles. The van der Waals surface area contributed by atoms with Gasteiger partial charge in [-0.15, -0.1) is 0 Å². The maximum atomic E-state index is 13.7. The molecule has 0 radical (unpaired) electrons. The van der Waals surface area contributed by atoms with Gasteiger partial charge < -0.3 is 0 Å². The Balaban J connectivity index is 1.61. The average Bonchev–Trinajstić information content (AvgIpc) is 3.30. The van der Waals surface area contributed by atoms with Gasteiger partial charge in [-0.3, -0.25) is 9.59 Å². The fourth-order valence-electron chi connectivity index (χ4n) is 5.52. The summed E-state index contributed by atoms with van der Waals surface area (Å²) < 4.78 is 0. The molecule has 2 amide bonds. The quantitative estimate of drug-likeness (QED) is 0.707. The normalized spacial score (nSPS) is 27.0. The highest BCUT2D eigenvalue weighted by atomic mass is 35.5. The molecule has 2 aromatic carbocycles. The molecule has 2 aromatic rings. The second-order valence-corrected chi connectivity index (χ2v) is 8.84. The number of hydrazine groups is 1. The zero-order valence-electron chi connectivity index (χ0n) is 16.9. The van der Waals surface area contributed by atoms with E-state index in [0.717, 1.165) is 47.5 Å². The number of hydrogen-bond donors (Lipinski definition) is 0. The highest BCUT2D eigenvalue weighted by molar-refractivity contribution is 6.30. The van der Waals surface area contributed by atoms with E-state index < -0.39 is 12.0 Å². The second kappa shape index (κ2) is 6.66. The van der Waals surface area contributed by atoms with E-state index in [1.54, 1.807) is 0 Å². The van der Waals surface area contributed by atoms with Crippen LogP contribution in [0.15, 0.2) is 36.4 Å². The van der Waals surface area contributed by atoms with Gasteiger partial charge in [-0.05, 0) is 56.0 Å². The molecule has 29 heavy (non-hydrogen) atoms. The van der Waals surface area contributed by atoms with Crippen LogP contribution in [0, 0.1) is 26.7 Å². The summed E-state index contributed by atoms with van der Waals surface area (Å²) in [5.74, 6) is -0.591. The fourth-order valence-corrected chi connectivity index (χ4v) is 5.64. The smallest absolute Gasteiger partial charge is 0.253 e. The van der Waals surface area contributed by atoms with Gasteiger partial charge in [0.05, 0.1) is 17.6 Å². The van der Waals surface area contributed by atoms with E-state index in [-0.39, 0.29) is 17.9 Å². The first-order valence-electron chi connectivity index (χ1n) is 10.1. The standard InChI is InChI=1S/C23H24ClN3O2/c1-13-11-14(2)19(15(3)12-13)27-22(28)18-20(16-5-7-17(24)8-6-16)25-9-4-10-26(25)21(18)23(27)29/h5-8,11-12,18,20-21H,4,9-10H2,1-3H3. The number of nitrogens with zero attached hydrogens (tertiary/aromatic N) is 3. The summed E-state index contributed by atoms with van der Waals surface area (Å²) in [5.41, 5.74) is 4.85. The first kappa shape index (κ1) is 18.8. The number of carbonyl (C=O) groups is 2. The zero-order valence-corrected chi connectivity index (χ0v) is 17.6. The Bertz CT molecular complexity index is 996. The number of halogens is 1. The number of imide groups is 1. The lowest BCUT2D eigenvalue weighted by Crippen LogP contribution is -2.44. The van der Waals surface area contributed by atoms with Crippen molar-refractivity contribution in [3.8, 4) is 0 Å². The number of hydrogen-bond acceptors (Lipinski definition) is 4. The summed E-state index contributed by atoms with van der Waals surface area (Å²) in [4.78, 5) is 28.7. The van der Waals surface area contributed by atoms with Crippen LogP contribution in [0.1, 0.15) is 34.7 Å². The van der Waals surface area contributed by atoms with Crippen LogP contribution >= 0.6 is 11.6 Å². The Kier molecular flexibility index (Phi) is 4.32. The van der Waals surface area contributed by atoms with Crippen LogP contribution in [0.4, 0.5) is 5.69 Å². The number of carbonyl (C=O) groups excluding carboxylic acids is 2. The maximum Gasteiger partial charge on any atom is 0.253 e. The Morgan fingerprint density at radius 1 is 0.862 bits per heavy atom. The van der Waals surface area contributed by atoms with Gasteiger partial charge >= 0.3 is 0 Å². The first-order chi connectivity index (χ1) is 13.9. The van der Waals surface area contributed by atoms with Crippen LogP contribution in [0.2, 0.25) is 5.02 Å². The van der Waals surface area contributed by atoms with Gasteiger partial charge in [0.2, 0.25) is 5.91 Å². The molecule has 5 nitrogen and oxygen atoms in total. The average molecular weight is 410 g/mol. The Morgan fingerprint density at radius 3 is 2.07 bits per heavy atom. The summed E-state index contributed by atoms with van der Waals surface area (Å²) in [7, 11) is 0. The van der Waals surface area contributed by atoms with E-state index >= 15 is 0 Å². The van der Waals surface area contributed by atoms with Gasteiger partial charge in [0.15, 0.2) is 0 Å². The van der Waals surface area contributed by atoms with Crippen molar-refractivity contribution < 1.29 is 9.59 Å². The molecule has 150 valence electrons. The lowest BCUT2D eigenvalue weighted by atomic mass is 9.90. The zero-order chi connectivity index (χ0) is 20.4. The lowest BCUT2D eigenvalue weighted by molar-refractivity contribution is -0.126. The summed E-state index contributed by atoms with van der Waals surface area (Å²) in [5, 5.41) is 5.02. The number of benzene rings is 2. The van der Waals surface area contributed by atoms with Crippen LogP contribution in [0.25, 0.3) is 0 Å². The van der Waals surface area contributed by atoms with Crippen molar-refractivity contribution in [1.29, 1.82) is 0 Å². The molecule has 3 atom stereocenters. The van der Waals surface area contributed by atoms with Crippen LogP contribution in [-0.4, -0.2) is 41.0 Å². The molecule has 3 heterocycles. The van der Waals surface area contributed by atoms with Crippen molar-refractivity contribution in [2.45, 2.75) is 39.3 Å². The van der Waals surface area contributed by atoms with Crippen molar-refractivity contribution >= 4 is 29.1 Å². The van der Waals surface area contributed by atoms with Gasteiger partial charge in [0.1, 0.15) is 6.04 Å². The van der Waals surface area contributed by atoms with E-state index in [1.807, 2.05) is 57.2 Å². The monoisotopic (exact) mass is 409 g/mol. The van der Waals surface area contributed by atoms with E-state index in [2.05, 4.69) is 10.0 Å². The highest BCUT2D eigenvalue weighted by Crippen LogP contribution is 2.49. The summed E-state index contributed by atoms with van der Waals surface area (Å²) in [6.45, 7) is 7.66. The fraction of sp³-hybridized carbons (Fsp3) is 0.391. The van der Waals surface area contributed by atoms with E-state index in [1.165, 1.54) is 4.90 Å². The van der Waals surface area contributed by atoms with E-state index in [9.17, 15) is 9.59 Å². The molecule has 6 heteroatoms. The first-order valence-corrected chi connectivity index (χ1v) is 10.5. The molecule has 3 aliphatic rings. The number of rotatable bonds is 2. The highest BCUT2D eigenvalue weighted by Gasteiger charge is 2.63. The Morgan fingerprint density at radius 2 is 1.45 bits per heavy atom. The Hall–Kier alpha value is -2.21. The third-order valence-electron chi connectivity index (χ3n) is 6.48. The van der Waals surface area contributed by atoms with Crippen molar-refractivity contribution in [3.63, 3.8) is 0 Å². The molecular formula is C23H24ClN3O2. The molecule has 0 aliphatic carbocycles. The molecular weight excluding hydrogens is 386 g/mol. The molecule has 3 unspecified atom stereocenters. The van der Waals surface area contributed by atoms with Gasteiger partial charge in [0, 0.05) is 18.1 Å². The molecule has 5 rings (SSSR count). The van der Waals surface area contributed by atoms with Crippen molar-refractivity contribution in [3.05, 3.63) is 63.7 Å². The number of aryl methyl sites for hydroxylation is 3. The van der Waals surface area contributed by atoms with Crippen LogP contribution < -0.4 is 4.90 Å².